The number of nitrogens with zero attached hydrogens (tertiary/aromatic N) is 4. The Bertz CT molecular complexity index is 1010. The Kier molecular flexibility index (Phi) is 3.30. The van der Waals surface area contributed by atoms with E-state index in [1.165, 1.54) is 0 Å². The van der Waals surface area contributed by atoms with Crippen molar-refractivity contribution in [1.82, 2.24) is 24.3 Å². The number of H-pyrrole nitrogens is 1. The minimum absolute atomic E-state index is 0.126. The summed E-state index contributed by atoms with van der Waals surface area (Å²) in [6, 6.07) is 13.6. The molecule has 120 valence electrons. The molecule has 1 amide bonds. The predicted molar refractivity (Wildman–Crippen MR) is 91.8 cm³/mol. The van der Waals surface area contributed by atoms with E-state index < -0.39 is 0 Å². The van der Waals surface area contributed by atoms with Gasteiger partial charge in [-0.25, -0.2) is 9.97 Å². The SMILES string of the molecule is Cc1cccc2nc(C(=O)N(C)Cc3nc4ccccc4[nH]3)cn12. The number of aromatic nitrogens is 4. The van der Waals surface area contributed by atoms with E-state index in [1.807, 2.05) is 53.8 Å². The molecule has 0 saturated carbocycles. The number of carbonyl (C=O) groups excluding carboxylic acids is 1. The molecule has 0 aliphatic carbocycles. The Morgan fingerprint density at radius 2 is 2.00 bits per heavy atom. The summed E-state index contributed by atoms with van der Waals surface area (Å²) < 4.78 is 1.92. The van der Waals surface area contributed by atoms with Gasteiger partial charge in [0.1, 0.15) is 17.2 Å². The zero-order valence-corrected chi connectivity index (χ0v) is 13.5. The maximum Gasteiger partial charge on any atom is 0.274 e. The lowest BCUT2D eigenvalue weighted by Crippen LogP contribution is -2.27. The van der Waals surface area contributed by atoms with E-state index in [0.29, 0.717) is 12.2 Å². The standard InChI is InChI=1S/C18H17N5O/c1-12-6-5-9-17-21-15(10-23(12)17)18(24)22(2)11-16-19-13-7-3-4-8-14(13)20-16/h3-10H,11H2,1-2H3,(H,19,20). The predicted octanol–water partition coefficient (Wildman–Crippen LogP) is 2.79. The molecule has 4 aromatic rings. The van der Waals surface area contributed by atoms with E-state index in [2.05, 4.69) is 15.0 Å². The highest BCUT2D eigenvalue weighted by atomic mass is 16.2. The first kappa shape index (κ1) is 14.4. The Morgan fingerprint density at radius 3 is 2.79 bits per heavy atom. The molecular weight excluding hydrogens is 302 g/mol. The summed E-state index contributed by atoms with van der Waals surface area (Å²) in [6.07, 6.45) is 1.78. The van der Waals surface area contributed by atoms with Gasteiger partial charge in [0.15, 0.2) is 0 Å². The molecule has 1 N–H and O–H groups in total. The second-order valence-electron chi connectivity index (χ2n) is 5.88. The van der Waals surface area contributed by atoms with Crippen LogP contribution >= 0.6 is 0 Å². The van der Waals surface area contributed by atoms with Crippen LogP contribution in [0.5, 0.6) is 0 Å². The number of fused-ring (bicyclic) bond motifs is 2. The first-order valence-electron chi connectivity index (χ1n) is 7.75. The van der Waals surface area contributed by atoms with E-state index in [1.54, 1.807) is 18.1 Å². The molecule has 0 aliphatic heterocycles. The zero-order valence-electron chi connectivity index (χ0n) is 13.5. The Hall–Kier alpha value is -3.15. The topological polar surface area (TPSA) is 66.3 Å². The number of imidazole rings is 2. The summed E-state index contributed by atoms with van der Waals surface area (Å²) in [5.74, 6) is 0.630. The number of rotatable bonds is 3. The van der Waals surface area contributed by atoms with Crippen LogP contribution in [-0.4, -0.2) is 37.2 Å². The van der Waals surface area contributed by atoms with Crippen LogP contribution in [0.25, 0.3) is 16.7 Å². The summed E-state index contributed by atoms with van der Waals surface area (Å²) in [4.78, 5) is 26.4. The van der Waals surface area contributed by atoms with Crippen LogP contribution in [-0.2, 0) is 6.54 Å². The van der Waals surface area contributed by atoms with Gasteiger partial charge in [0, 0.05) is 18.9 Å². The summed E-state index contributed by atoms with van der Waals surface area (Å²) >= 11 is 0. The molecule has 1 aromatic carbocycles. The summed E-state index contributed by atoms with van der Waals surface area (Å²) in [5.41, 5.74) is 4.12. The fourth-order valence-corrected chi connectivity index (χ4v) is 2.82. The average Bonchev–Trinajstić information content (AvgIpc) is 3.18. The van der Waals surface area contributed by atoms with Gasteiger partial charge < -0.3 is 14.3 Å². The van der Waals surface area contributed by atoms with Gasteiger partial charge in [-0.3, -0.25) is 4.79 Å². The van der Waals surface area contributed by atoms with Crippen molar-refractivity contribution in [1.29, 1.82) is 0 Å². The van der Waals surface area contributed by atoms with Gasteiger partial charge in [-0.15, -0.1) is 0 Å². The second kappa shape index (κ2) is 5.49. The summed E-state index contributed by atoms with van der Waals surface area (Å²) in [5, 5.41) is 0. The van der Waals surface area contributed by atoms with Gasteiger partial charge in [0.05, 0.1) is 17.6 Å². The molecule has 3 aromatic heterocycles. The largest absolute Gasteiger partial charge is 0.340 e. The average molecular weight is 319 g/mol. The second-order valence-corrected chi connectivity index (χ2v) is 5.88. The number of benzene rings is 1. The van der Waals surface area contributed by atoms with Crippen molar-refractivity contribution in [2.24, 2.45) is 0 Å². The monoisotopic (exact) mass is 319 g/mol. The molecule has 0 spiro atoms. The van der Waals surface area contributed by atoms with Crippen molar-refractivity contribution in [3.05, 3.63) is 65.9 Å². The smallest absolute Gasteiger partial charge is 0.274 e. The molecule has 0 radical (unpaired) electrons. The Labute approximate surface area is 138 Å². The highest BCUT2D eigenvalue weighted by Gasteiger charge is 2.17. The van der Waals surface area contributed by atoms with Gasteiger partial charge in [-0.2, -0.15) is 0 Å². The minimum atomic E-state index is -0.126. The van der Waals surface area contributed by atoms with Gasteiger partial charge in [0.25, 0.3) is 5.91 Å². The highest BCUT2D eigenvalue weighted by Crippen LogP contribution is 2.14. The van der Waals surface area contributed by atoms with Crippen LogP contribution < -0.4 is 0 Å². The van der Waals surface area contributed by atoms with Crippen molar-refractivity contribution in [2.75, 3.05) is 7.05 Å². The number of pyridine rings is 1. The molecule has 0 saturated heterocycles. The maximum absolute atomic E-state index is 12.7. The molecule has 3 heterocycles. The third kappa shape index (κ3) is 2.42. The number of aromatic amines is 1. The number of carbonyl (C=O) groups is 1. The minimum Gasteiger partial charge on any atom is -0.340 e. The van der Waals surface area contributed by atoms with E-state index in [4.69, 9.17) is 0 Å². The Balaban J connectivity index is 1.59. The van der Waals surface area contributed by atoms with Crippen molar-refractivity contribution >= 4 is 22.6 Å². The molecule has 0 aliphatic rings. The lowest BCUT2D eigenvalue weighted by atomic mass is 10.3. The number of amides is 1. The van der Waals surface area contributed by atoms with Crippen LogP contribution in [0, 0.1) is 6.92 Å². The first-order valence-corrected chi connectivity index (χ1v) is 7.75. The molecule has 24 heavy (non-hydrogen) atoms. The fourth-order valence-electron chi connectivity index (χ4n) is 2.82. The molecule has 0 fully saturated rings. The van der Waals surface area contributed by atoms with E-state index in [9.17, 15) is 4.79 Å². The number of para-hydroxylation sites is 2. The first-order chi connectivity index (χ1) is 11.6. The van der Waals surface area contributed by atoms with Crippen molar-refractivity contribution in [2.45, 2.75) is 13.5 Å². The lowest BCUT2D eigenvalue weighted by Gasteiger charge is -2.13. The van der Waals surface area contributed by atoms with Crippen LogP contribution in [0.4, 0.5) is 0 Å². The molecule has 0 unspecified atom stereocenters. The lowest BCUT2D eigenvalue weighted by molar-refractivity contribution is 0.0777. The third-order valence-corrected chi connectivity index (χ3v) is 4.09. The quantitative estimate of drug-likeness (QED) is 0.631. The van der Waals surface area contributed by atoms with Gasteiger partial charge in [-0.05, 0) is 31.2 Å². The number of aryl methyl sites for hydroxylation is 1. The summed E-state index contributed by atoms with van der Waals surface area (Å²) in [7, 11) is 1.76. The molecule has 6 nitrogen and oxygen atoms in total. The van der Waals surface area contributed by atoms with E-state index in [-0.39, 0.29) is 5.91 Å². The maximum atomic E-state index is 12.7. The summed E-state index contributed by atoms with van der Waals surface area (Å²) in [6.45, 7) is 2.39. The van der Waals surface area contributed by atoms with Crippen LogP contribution in [0.3, 0.4) is 0 Å². The van der Waals surface area contributed by atoms with Crippen molar-refractivity contribution in [3.8, 4) is 0 Å². The molecule has 0 atom stereocenters. The third-order valence-electron chi connectivity index (χ3n) is 4.09. The van der Waals surface area contributed by atoms with Crippen LogP contribution in [0.15, 0.2) is 48.7 Å². The van der Waals surface area contributed by atoms with Crippen molar-refractivity contribution in [3.63, 3.8) is 0 Å². The zero-order chi connectivity index (χ0) is 16.7. The molecule has 6 heteroatoms. The van der Waals surface area contributed by atoms with Crippen molar-refractivity contribution < 1.29 is 4.79 Å². The number of hydrogen-bond acceptors (Lipinski definition) is 3. The van der Waals surface area contributed by atoms with Crippen LogP contribution in [0.2, 0.25) is 0 Å². The van der Waals surface area contributed by atoms with Gasteiger partial charge >= 0.3 is 0 Å². The van der Waals surface area contributed by atoms with Crippen LogP contribution in [0.1, 0.15) is 22.0 Å². The fraction of sp³-hybridized carbons (Fsp3) is 0.167. The Morgan fingerprint density at radius 1 is 1.17 bits per heavy atom. The number of nitrogens with one attached hydrogen (secondary N) is 1. The number of hydrogen-bond donors (Lipinski definition) is 1. The van der Waals surface area contributed by atoms with Gasteiger partial charge in [-0.1, -0.05) is 18.2 Å². The van der Waals surface area contributed by atoms with E-state index >= 15 is 0 Å². The normalized spacial score (nSPS) is 11.2. The molecule has 0 bridgehead atoms. The highest BCUT2D eigenvalue weighted by molar-refractivity contribution is 5.92. The van der Waals surface area contributed by atoms with Gasteiger partial charge in [0.2, 0.25) is 0 Å². The molecular formula is C18H17N5O. The molecule has 4 rings (SSSR count). The van der Waals surface area contributed by atoms with E-state index in [0.717, 1.165) is 28.2 Å².